The summed E-state index contributed by atoms with van der Waals surface area (Å²) in [4.78, 5) is 0. The van der Waals surface area contributed by atoms with Gasteiger partial charge in [0, 0.05) is 18.0 Å². The van der Waals surface area contributed by atoms with Crippen molar-refractivity contribution in [2.75, 3.05) is 6.61 Å². The van der Waals surface area contributed by atoms with Crippen molar-refractivity contribution in [3.05, 3.63) is 42.0 Å². The number of fused-ring (bicyclic) bond motifs is 1. The molecule has 1 unspecified atom stereocenters. The lowest BCUT2D eigenvalue weighted by atomic mass is 9.98. The summed E-state index contributed by atoms with van der Waals surface area (Å²) in [7, 11) is 0. The van der Waals surface area contributed by atoms with Gasteiger partial charge in [0.2, 0.25) is 0 Å². The molecular weight excluding hydrogens is 248 g/mol. The van der Waals surface area contributed by atoms with Gasteiger partial charge in [-0.3, -0.25) is 0 Å². The van der Waals surface area contributed by atoms with Crippen LogP contribution in [0, 0.1) is 11.3 Å². The van der Waals surface area contributed by atoms with Crippen molar-refractivity contribution in [1.82, 2.24) is 0 Å². The molecule has 0 aliphatic heterocycles. The maximum absolute atomic E-state index is 8.56. The van der Waals surface area contributed by atoms with E-state index in [-0.39, 0.29) is 6.04 Å². The average molecular weight is 268 g/mol. The van der Waals surface area contributed by atoms with Crippen molar-refractivity contribution < 1.29 is 4.74 Å². The number of nitrogens with zero attached hydrogens (tertiary/aromatic N) is 1. The van der Waals surface area contributed by atoms with Gasteiger partial charge in [-0.05, 0) is 36.6 Å². The number of hydrogen-bond acceptors (Lipinski definition) is 3. The van der Waals surface area contributed by atoms with E-state index in [1.54, 1.807) is 0 Å². The monoisotopic (exact) mass is 268 g/mol. The molecule has 1 atom stereocenters. The van der Waals surface area contributed by atoms with E-state index < -0.39 is 0 Å². The zero-order chi connectivity index (χ0) is 14.4. The first-order chi connectivity index (χ1) is 9.72. The summed E-state index contributed by atoms with van der Waals surface area (Å²) in [5, 5.41) is 11.0. The molecule has 3 nitrogen and oxygen atoms in total. The SMILES string of the molecule is CC(N)Cc1c(OCCCC#N)ccc2ccccc12. The standard InChI is InChI=1S/C17H20N2O/c1-13(19)12-16-15-7-3-2-6-14(15)8-9-17(16)20-11-5-4-10-18/h2-3,6-9,13H,4-5,11-12,19H2,1H3. The molecule has 2 aromatic carbocycles. The quantitative estimate of drug-likeness (QED) is 0.817. The molecule has 2 rings (SSSR count). The third-order valence-electron chi connectivity index (χ3n) is 3.21. The molecule has 0 saturated heterocycles. The van der Waals surface area contributed by atoms with Gasteiger partial charge in [-0.15, -0.1) is 0 Å². The van der Waals surface area contributed by atoms with Gasteiger partial charge in [0.1, 0.15) is 5.75 Å². The third-order valence-corrected chi connectivity index (χ3v) is 3.21. The number of nitrogens with two attached hydrogens (primary N) is 1. The van der Waals surface area contributed by atoms with Crippen molar-refractivity contribution in [1.29, 1.82) is 5.26 Å². The fraction of sp³-hybridized carbons (Fsp3) is 0.353. The highest BCUT2D eigenvalue weighted by Gasteiger charge is 2.10. The van der Waals surface area contributed by atoms with Gasteiger partial charge in [0.25, 0.3) is 0 Å². The normalized spacial score (nSPS) is 12.1. The number of hydrogen-bond donors (Lipinski definition) is 1. The Morgan fingerprint density at radius 1 is 1.25 bits per heavy atom. The Bertz CT molecular complexity index is 614. The zero-order valence-corrected chi connectivity index (χ0v) is 11.8. The summed E-state index contributed by atoms with van der Waals surface area (Å²) in [6.45, 7) is 2.57. The number of benzene rings is 2. The Balaban J connectivity index is 2.30. The van der Waals surface area contributed by atoms with E-state index in [9.17, 15) is 0 Å². The Kier molecular flexibility index (Phi) is 4.97. The first-order valence-corrected chi connectivity index (χ1v) is 6.98. The van der Waals surface area contributed by atoms with Crippen LogP contribution < -0.4 is 10.5 Å². The second-order valence-corrected chi connectivity index (χ2v) is 5.05. The average Bonchev–Trinajstić information content (AvgIpc) is 2.45. The van der Waals surface area contributed by atoms with Crippen LogP contribution in [0.3, 0.4) is 0 Å². The summed E-state index contributed by atoms with van der Waals surface area (Å²) in [5.41, 5.74) is 7.12. The first kappa shape index (κ1) is 14.4. The highest BCUT2D eigenvalue weighted by atomic mass is 16.5. The van der Waals surface area contributed by atoms with E-state index in [4.69, 9.17) is 15.7 Å². The van der Waals surface area contributed by atoms with E-state index in [1.807, 2.05) is 25.1 Å². The lowest BCUT2D eigenvalue weighted by Gasteiger charge is -2.15. The van der Waals surface area contributed by atoms with Gasteiger partial charge in [0.15, 0.2) is 0 Å². The van der Waals surface area contributed by atoms with Gasteiger partial charge in [-0.25, -0.2) is 0 Å². The summed E-state index contributed by atoms with van der Waals surface area (Å²) >= 11 is 0. The molecule has 2 aromatic rings. The van der Waals surface area contributed by atoms with E-state index in [1.165, 1.54) is 10.8 Å². The topological polar surface area (TPSA) is 59.0 Å². The lowest BCUT2D eigenvalue weighted by molar-refractivity contribution is 0.309. The zero-order valence-electron chi connectivity index (χ0n) is 11.8. The second kappa shape index (κ2) is 6.93. The van der Waals surface area contributed by atoms with Crippen LogP contribution in [0.5, 0.6) is 5.75 Å². The lowest BCUT2D eigenvalue weighted by Crippen LogP contribution is -2.18. The molecular formula is C17H20N2O. The highest BCUT2D eigenvalue weighted by Crippen LogP contribution is 2.29. The highest BCUT2D eigenvalue weighted by molar-refractivity contribution is 5.87. The Hall–Kier alpha value is -2.05. The molecule has 3 heteroatoms. The smallest absolute Gasteiger partial charge is 0.123 e. The molecule has 0 bridgehead atoms. The molecule has 2 N–H and O–H groups in total. The number of nitriles is 1. The van der Waals surface area contributed by atoms with Gasteiger partial charge in [-0.1, -0.05) is 30.3 Å². The van der Waals surface area contributed by atoms with Crippen LogP contribution in [0.25, 0.3) is 10.8 Å². The number of rotatable bonds is 6. The minimum absolute atomic E-state index is 0.0854. The molecule has 0 aliphatic rings. The Morgan fingerprint density at radius 3 is 2.80 bits per heavy atom. The maximum Gasteiger partial charge on any atom is 0.123 e. The number of unbranched alkanes of at least 4 members (excludes halogenated alkanes) is 1. The van der Waals surface area contributed by atoms with Crippen molar-refractivity contribution in [2.24, 2.45) is 5.73 Å². The van der Waals surface area contributed by atoms with Crippen molar-refractivity contribution >= 4 is 10.8 Å². The van der Waals surface area contributed by atoms with E-state index in [2.05, 4.69) is 24.3 Å². The minimum atomic E-state index is 0.0854. The van der Waals surface area contributed by atoms with Crippen molar-refractivity contribution in [2.45, 2.75) is 32.2 Å². The van der Waals surface area contributed by atoms with Crippen molar-refractivity contribution in [3.8, 4) is 11.8 Å². The van der Waals surface area contributed by atoms with Crippen LogP contribution in [0.1, 0.15) is 25.3 Å². The van der Waals surface area contributed by atoms with E-state index in [0.717, 1.165) is 24.2 Å². The maximum atomic E-state index is 8.56. The second-order valence-electron chi connectivity index (χ2n) is 5.05. The molecule has 0 aliphatic carbocycles. The Labute approximate surface area is 120 Å². The summed E-state index contributed by atoms with van der Waals surface area (Å²) in [6, 6.07) is 14.6. The minimum Gasteiger partial charge on any atom is -0.493 e. The fourth-order valence-corrected chi connectivity index (χ4v) is 2.32. The molecule has 104 valence electrons. The van der Waals surface area contributed by atoms with Gasteiger partial charge in [0.05, 0.1) is 12.7 Å². The molecule has 0 saturated carbocycles. The van der Waals surface area contributed by atoms with Crippen LogP contribution in [0.15, 0.2) is 36.4 Å². The third kappa shape index (κ3) is 3.49. The van der Waals surface area contributed by atoms with E-state index in [0.29, 0.717) is 13.0 Å². The van der Waals surface area contributed by atoms with Crippen LogP contribution in [0.2, 0.25) is 0 Å². The van der Waals surface area contributed by atoms with Crippen molar-refractivity contribution in [3.63, 3.8) is 0 Å². The largest absolute Gasteiger partial charge is 0.493 e. The van der Waals surface area contributed by atoms with Crippen LogP contribution in [0.4, 0.5) is 0 Å². The predicted octanol–water partition coefficient (Wildman–Crippen LogP) is 3.41. The molecule has 0 heterocycles. The summed E-state index contributed by atoms with van der Waals surface area (Å²) < 4.78 is 5.84. The summed E-state index contributed by atoms with van der Waals surface area (Å²) in [5.74, 6) is 0.888. The molecule has 0 radical (unpaired) electrons. The van der Waals surface area contributed by atoms with E-state index >= 15 is 0 Å². The van der Waals surface area contributed by atoms with Gasteiger partial charge in [-0.2, -0.15) is 5.26 Å². The van der Waals surface area contributed by atoms with Crippen LogP contribution >= 0.6 is 0 Å². The van der Waals surface area contributed by atoms with Crippen LogP contribution in [-0.2, 0) is 6.42 Å². The first-order valence-electron chi connectivity index (χ1n) is 6.98. The molecule has 0 aromatic heterocycles. The molecule has 20 heavy (non-hydrogen) atoms. The summed E-state index contributed by atoms with van der Waals surface area (Å²) in [6.07, 6.45) is 2.06. The molecule has 0 amide bonds. The van der Waals surface area contributed by atoms with Gasteiger partial charge >= 0.3 is 0 Å². The molecule has 0 spiro atoms. The molecule has 0 fully saturated rings. The predicted molar refractivity (Wildman–Crippen MR) is 81.6 cm³/mol. The Morgan fingerprint density at radius 2 is 2.05 bits per heavy atom. The number of ether oxygens (including phenoxy) is 1. The van der Waals surface area contributed by atoms with Gasteiger partial charge < -0.3 is 10.5 Å². The van der Waals surface area contributed by atoms with Crippen LogP contribution in [-0.4, -0.2) is 12.6 Å². The fourth-order valence-electron chi connectivity index (χ4n) is 2.32.